The van der Waals surface area contributed by atoms with E-state index < -0.39 is 11.6 Å². The van der Waals surface area contributed by atoms with Crippen LogP contribution in [0.4, 0.5) is 0 Å². The molecule has 4 rings (SSSR count). The average molecular weight is 392 g/mol. The van der Waals surface area contributed by atoms with E-state index in [-0.39, 0.29) is 29.9 Å². The summed E-state index contributed by atoms with van der Waals surface area (Å²) in [7, 11) is 0. The molecule has 2 N–H and O–H groups in total. The first-order chi connectivity index (χ1) is 13.9. The average Bonchev–Trinajstić information content (AvgIpc) is 2.71. The van der Waals surface area contributed by atoms with Crippen molar-refractivity contribution in [3.8, 4) is 5.75 Å². The van der Waals surface area contributed by atoms with Crippen molar-refractivity contribution >= 4 is 27.7 Å². The minimum Gasteiger partial charge on any atom is -0.508 e. The van der Waals surface area contributed by atoms with Gasteiger partial charge in [-0.15, -0.1) is 0 Å². The van der Waals surface area contributed by atoms with Gasteiger partial charge in [0, 0.05) is 28.0 Å². The van der Waals surface area contributed by atoms with E-state index in [4.69, 9.17) is 9.15 Å². The topological polar surface area (TPSA) is 122 Å². The zero-order valence-corrected chi connectivity index (χ0v) is 15.4. The smallest absolute Gasteiger partial charge is 0.336 e. The number of esters is 1. The van der Waals surface area contributed by atoms with Crippen molar-refractivity contribution in [1.29, 1.82) is 0 Å². The highest BCUT2D eigenvalue weighted by Crippen LogP contribution is 2.27. The summed E-state index contributed by atoms with van der Waals surface area (Å²) in [6.45, 7) is 1.48. The van der Waals surface area contributed by atoms with Crippen LogP contribution >= 0.6 is 0 Å². The monoisotopic (exact) mass is 392 g/mol. The molecule has 0 atom stereocenters. The summed E-state index contributed by atoms with van der Waals surface area (Å²) in [5.74, 6) is -0.558. The van der Waals surface area contributed by atoms with E-state index >= 15 is 0 Å². The Bertz CT molecular complexity index is 1370. The van der Waals surface area contributed by atoms with E-state index in [0.717, 1.165) is 0 Å². The summed E-state index contributed by atoms with van der Waals surface area (Å²) in [5.41, 5.74) is 0.591. The first kappa shape index (κ1) is 18.4. The fourth-order valence-corrected chi connectivity index (χ4v) is 3.19. The number of phenols is 1. The standard InChI is InChI=1S/C21H16N2O6/c1-11-17(24)7-6-13-12(8-19(26)29-20(11)13)10-28-18(25)9-16-14-4-2-3-5-15(14)21(27)23-22-16/h2-8,24H,9-10H2,1H3,(H,23,27). The first-order valence-corrected chi connectivity index (χ1v) is 8.81. The predicted molar refractivity (Wildman–Crippen MR) is 105 cm³/mol. The number of hydrogen-bond acceptors (Lipinski definition) is 7. The van der Waals surface area contributed by atoms with Gasteiger partial charge >= 0.3 is 11.6 Å². The van der Waals surface area contributed by atoms with Gasteiger partial charge in [-0.25, -0.2) is 9.89 Å². The van der Waals surface area contributed by atoms with Crippen LogP contribution < -0.4 is 11.2 Å². The molecular formula is C21H16N2O6. The van der Waals surface area contributed by atoms with Crippen LogP contribution in [0.2, 0.25) is 0 Å². The molecule has 8 nitrogen and oxygen atoms in total. The summed E-state index contributed by atoms with van der Waals surface area (Å²) in [4.78, 5) is 36.1. The van der Waals surface area contributed by atoms with Crippen LogP contribution in [0.5, 0.6) is 5.75 Å². The maximum Gasteiger partial charge on any atom is 0.336 e. The van der Waals surface area contributed by atoms with Crippen molar-refractivity contribution in [2.45, 2.75) is 20.0 Å². The Hall–Kier alpha value is -3.94. The van der Waals surface area contributed by atoms with Crippen LogP contribution in [-0.4, -0.2) is 21.3 Å². The highest BCUT2D eigenvalue weighted by Gasteiger charge is 2.15. The third kappa shape index (κ3) is 3.47. The Morgan fingerprint density at radius 1 is 1.14 bits per heavy atom. The van der Waals surface area contributed by atoms with E-state index in [2.05, 4.69) is 10.2 Å². The van der Waals surface area contributed by atoms with Crippen LogP contribution in [0.25, 0.3) is 21.7 Å². The van der Waals surface area contributed by atoms with Crippen molar-refractivity contribution in [3.05, 3.63) is 80.1 Å². The van der Waals surface area contributed by atoms with Gasteiger partial charge in [-0.2, -0.15) is 5.10 Å². The number of H-pyrrole nitrogens is 1. The molecule has 8 heteroatoms. The lowest BCUT2D eigenvalue weighted by Gasteiger charge is -2.09. The second-order valence-corrected chi connectivity index (χ2v) is 6.56. The first-order valence-electron chi connectivity index (χ1n) is 8.81. The molecule has 0 saturated carbocycles. The van der Waals surface area contributed by atoms with Gasteiger partial charge in [-0.3, -0.25) is 9.59 Å². The maximum absolute atomic E-state index is 12.4. The fourth-order valence-electron chi connectivity index (χ4n) is 3.19. The molecule has 0 aliphatic heterocycles. The van der Waals surface area contributed by atoms with E-state index in [1.54, 1.807) is 37.3 Å². The summed E-state index contributed by atoms with van der Waals surface area (Å²) >= 11 is 0. The molecule has 146 valence electrons. The molecule has 29 heavy (non-hydrogen) atoms. The molecule has 4 aromatic rings. The number of carbonyl (C=O) groups is 1. The minimum absolute atomic E-state index is 0.00539. The summed E-state index contributed by atoms with van der Waals surface area (Å²) in [6.07, 6.45) is -0.142. The van der Waals surface area contributed by atoms with E-state index in [9.17, 15) is 19.5 Å². The van der Waals surface area contributed by atoms with Gasteiger partial charge in [0.05, 0.1) is 17.5 Å². The molecule has 2 heterocycles. The molecule has 0 unspecified atom stereocenters. The van der Waals surface area contributed by atoms with Crippen LogP contribution in [0, 0.1) is 6.92 Å². The normalized spacial score (nSPS) is 11.1. The third-order valence-corrected chi connectivity index (χ3v) is 4.69. The molecule has 2 aromatic heterocycles. The molecule has 0 amide bonds. The molecule has 0 saturated heterocycles. The molecule has 0 aliphatic rings. The van der Waals surface area contributed by atoms with Crippen LogP contribution in [-0.2, 0) is 22.6 Å². The lowest BCUT2D eigenvalue weighted by atomic mass is 10.1. The summed E-state index contributed by atoms with van der Waals surface area (Å²) in [5, 5.41) is 17.7. The number of hydrogen-bond donors (Lipinski definition) is 2. The zero-order valence-electron chi connectivity index (χ0n) is 15.4. The van der Waals surface area contributed by atoms with Crippen LogP contribution in [0.3, 0.4) is 0 Å². The Balaban J connectivity index is 1.59. The van der Waals surface area contributed by atoms with E-state index in [0.29, 0.717) is 33.0 Å². The molecule has 0 fully saturated rings. The van der Waals surface area contributed by atoms with Crippen molar-refractivity contribution in [2.75, 3.05) is 0 Å². The number of rotatable bonds is 4. The Kier molecular flexibility index (Phi) is 4.59. The van der Waals surface area contributed by atoms with Crippen molar-refractivity contribution in [3.63, 3.8) is 0 Å². The number of benzene rings is 2. The van der Waals surface area contributed by atoms with Gasteiger partial charge in [0.25, 0.3) is 5.56 Å². The van der Waals surface area contributed by atoms with E-state index in [1.165, 1.54) is 12.1 Å². The van der Waals surface area contributed by atoms with Crippen LogP contribution in [0.1, 0.15) is 16.8 Å². The zero-order chi connectivity index (χ0) is 20.5. The number of fused-ring (bicyclic) bond motifs is 2. The Labute approximate surface area is 163 Å². The summed E-state index contributed by atoms with van der Waals surface area (Å²) < 4.78 is 10.5. The van der Waals surface area contributed by atoms with Crippen molar-refractivity contribution in [2.24, 2.45) is 0 Å². The summed E-state index contributed by atoms with van der Waals surface area (Å²) in [6, 6.07) is 11.2. The molecular weight excluding hydrogens is 376 g/mol. The van der Waals surface area contributed by atoms with Gasteiger partial charge < -0.3 is 14.3 Å². The third-order valence-electron chi connectivity index (χ3n) is 4.69. The quantitative estimate of drug-likeness (QED) is 0.404. The molecule has 0 radical (unpaired) electrons. The molecule has 2 aromatic carbocycles. The van der Waals surface area contributed by atoms with Gasteiger partial charge in [-0.05, 0) is 25.1 Å². The second kappa shape index (κ2) is 7.23. The van der Waals surface area contributed by atoms with Gasteiger partial charge in [0.15, 0.2) is 0 Å². The number of nitrogens with zero attached hydrogens (tertiary/aromatic N) is 1. The van der Waals surface area contributed by atoms with Crippen LogP contribution in [0.15, 0.2) is 56.5 Å². The SMILES string of the molecule is Cc1c(O)ccc2c(COC(=O)Cc3n[nH]c(=O)c4ccccc34)cc(=O)oc12. The van der Waals surface area contributed by atoms with E-state index in [1.807, 2.05) is 0 Å². The lowest BCUT2D eigenvalue weighted by Crippen LogP contribution is -2.15. The van der Waals surface area contributed by atoms with Crippen molar-refractivity contribution < 1.29 is 19.1 Å². The maximum atomic E-state index is 12.4. The number of aromatic hydroxyl groups is 1. The number of phenolic OH excluding ortho intramolecular Hbond substituents is 1. The van der Waals surface area contributed by atoms with Gasteiger partial charge in [0.2, 0.25) is 0 Å². The molecule has 0 bridgehead atoms. The largest absolute Gasteiger partial charge is 0.508 e. The number of aromatic amines is 1. The number of carbonyl (C=O) groups excluding carboxylic acids is 1. The second-order valence-electron chi connectivity index (χ2n) is 6.56. The highest BCUT2D eigenvalue weighted by molar-refractivity contribution is 5.87. The Morgan fingerprint density at radius 2 is 1.90 bits per heavy atom. The fraction of sp³-hybridized carbons (Fsp3) is 0.143. The highest BCUT2D eigenvalue weighted by atomic mass is 16.5. The van der Waals surface area contributed by atoms with Gasteiger partial charge in [0.1, 0.15) is 17.9 Å². The number of nitrogens with one attached hydrogen (secondary N) is 1. The molecule has 0 spiro atoms. The predicted octanol–water partition coefficient (Wildman–Crippen LogP) is 2.33. The molecule has 0 aliphatic carbocycles. The number of aryl methyl sites for hydroxylation is 1. The number of ether oxygens (including phenoxy) is 1. The number of aromatic nitrogens is 2. The van der Waals surface area contributed by atoms with Gasteiger partial charge in [-0.1, -0.05) is 18.2 Å². The minimum atomic E-state index is -0.606. The van der Waals surface area contributed by atoms with Crippen molar-refractivity contribution in [1.82, 2.24) is 10.2 Å². The lowest BCUT2D eigenvalue weighted by molar-refractivity contribution is -0.144. The Morgan fingerprint density at radius 3 is 2.69 bits per heavy atom.